The summed E-state index contributed by atoms with van der Waals surface area (Å²) >= 11 is 0. The van der Waals surface area contributed by atoms with Gasteiger partial charge in [0.15, 0.2) is 0 Å². The lowest BCUT2D eigenvalue weighted by Gasteiger charge is -2.15. The molecule has 0 amide bonds. The van der Waals surface area contributed by atoms with Crippen molar-refractivity contribution in [2.24, 2.45) is 0 Å². The van der Waals surface area contributed by atoms with Crippen LogP contribution in [0.25, 0.3) is 0 Å². The lowest BCUT2D eigenvalue weighted by molar-refractivity contribution is -0.910. The molecule has 0 atom stereocenters. The molecule has 0 unspecified atom stereocenters. The first-order valence-electron chi connectivity index (χ1n) is 5.15. The monoisotopic (exact) mass is 178 g/mol. The van der Waals surface area contributed by atoms with Crippen molar-refractivity contribution in [3.8, 4) is 0 Å². The van der Waals surface area contributed by atoms with Gasteiger partial charge in [0, 0.05) is 5.56 Å². The molecule has 0 aliphatic heterocycles. The molecule has 1 heteroatoms. The van der Waals surface area contributed by atoms with E-state index in [0.717, 1.165) is 6.54 Å². The Hall–Kier alpha value is -0.820. The Labute approximate surface area is 81.4 Å². The highest BCUT2D eigenvalue weighted by molar-refractivity contribution is 5.20. The smallest absolute Gasteiger partial charge is 0.103 e. The molecule has 0 heterocycles. The quantitative estimate of drug-likeness (QED) is 0.711. The first-order valence-corrected chi connectivity index (χ1v) is 5.15. The lowest BCUT2D eigenvalue weighted by Crippen LogP contribution is -3.10. The van der Waals surface area contributed by atoms with E-state index in [4.69, 9.17) is 0 Å². The largest absolute Gasteiger partial charge is 0.332 e. The van der Waals surface area contributed by atoms with Crippen molar-refractivity contribution in [2.75, 3.05) is 13.1 Å². The van der Waals surface area contributed by atoms with Crippen LogP contribution in [0, 0.1) is 6.92 Å². The Morgan fingerprint density at radius 2 is 1.54 bits per heavy atom. The van der Waals surface area contributed by atoms with E-state index < -0.39 is 0 Å². The average molecular weight is 178 g/mol. The third-order valence-electron chi connectivity index (χ3n) is 2.57. The molecule has 1 nitrogen and oxygen atoms in total. The van der Waals surface area contributed by atoms with Crippen molar-refractivity contribution in [3.63, 3.8) is 0 Å². The minimum absolute atomic E-state index is 1.16. The van der Waals surface area contributed by atoms with Gasteiger partial charge in [-0.05, 0) is 20.8 Å². The van der Waals surface area contributed by atoms with E-state index in [1.807, 2.05) is 0 Å². The predicted octanol–water partition coefficient (Wildman–Crippen LogP) is 1.42. The highest BCUT2D eigenvalue weighted by Gasteiger charge is 2.02. The molecule has 0 fully saturated rings. The molecule has 0 saturated heterocycles. The van der Waals surface area contributed by atoms with E-state index in [2.05, 4.69) is 45.0 Å². The second kappa shape index (κ2) is 5.03. The Balaban J connectivity index is 2.58. The summed E-state index contributed by atoms with van der Waals surface area (Å²) in [6.45, 7) is 10.2. The Kier molecular flexibility index (Phi) is 3.97. The molecular formula is C12H20N+. The van der Waals surface area contributed by atoms with Gasteiger partial charge in [-0.1, -0.05) is 29.8 Å². The van der Waals surface area contributed by atoms with E-state index >= 15 is 0 Å². The maximum absolute atomic E-state index is 2.24. The molecule has 13 heavy (non-hydrogen) atoms. The summed E-state index contributed by atoms with van der Waals surface area (Å²) < 4.78 is 0. The molecule has 0 aromatic heterocycles. The number of quaternary nitrogens is 1. The average Bonchev–Trinajstić information content (AvgIpc) is 2.17. The molecule has 1 rings (SSSR count). The van der Waals surface area contributed by atoms with Gasteiger partial charge in [-0.15, -0.1) is 0 Å². The van der Waals surface area contributed by atoms with Crippen LogP contribution in [0.5, 0.6) is 0 Å². The molecule has 0 bridgehead atoms. The zero-order valence-electron chi connectivity index (χ0n) is 8.93. The van der Waals surface area contributed by atoms with Crippen molar-refractivity contribution in [1.82, 2.24) is 0 Å². The zero-order chi connectivity index (χ0) is 9.68. The van der Waals surface area contributed by atoms with E-state index in [9.17, 15) is 0 Å². The van der Waals surface area contributed by atoms with Crippen LogP contribution in [0.1, 0.15) is 25.0 Å². The maximum atomic E-state index is 2.24. The third-order valence-corrected chi connectivity index (χ3v) is 2.57. The Morgan fingerprint density at radius 3 is 2.00 bits per heavy atom. The lowest BCUT2D eigenvalue weighted by atomic mass is 10.1. The van der Waals surface area contributed by atoms with Gasteiger partial charge in [0.1, 0.15) is 6.54 Å². The van der Waals surface area contributed by atoms with Crippen LogP contribution in [0.3, 0.4) is 0 Å². The SMILES string of the molecule is CC[NH+](CC)Cc1ccc(C)cc1. The minimum atomic E-state index is 1.16. The molecule has 72 valence electrons. The second-order valence-electron chi connectivity index (χ2n) is 3.62. The number of aryl methyl sites for hydroxylation is 1. The van der Waals surface area contributed by atoms with E-state index in [0.29, 0.717) is 0 Å². The van der Waals surface area contributed by atoms with Gasteiger partial charge in [-0.3, -0.25) is 0 Å². The zero-order valence-corrected chi connectivity index (χ0v) is 8.93. The topological polar surface area (TPSA) is 4.44 Å². The standard InChI is InChI=1S/C12H19N/c1-4-13(5-2)10-12-8-6-11(3)7-9-12/h6-9H,4-5,10H2,1-3H3/p+1. The summed E-state index contributed by atoms with van der Waals surface area (Å²) in [7, 11) is 0. The first kappa shape index (κ1) is 10.3. The second-order valence-corrected chi connectivity index (χ2v) is 3.62. The molecule has 1 aromatic rings. The normalized spacial score (nSPS) is 10.8. The molecule has 1 N–H and O–H groups in total. The number of benzene rings is 1. The molecule has 0 spiro atoms. The van der Waals surface area contributed by atoms with E-state index in [1.54, 1.807) is 4.90 Å². The van der Waals surface area contributed by atoms with Crippen LogP contribution in [0.2, 0.25) is 0 Å². The van der Waals surface area contributed by atoms with Gasteiger partial charge < -0.3 is 4.90 Å². The fourth-order valence-electron chi connectivity index (χ4n) is 1.49. The van der Waals surface area contributed by atoms with Gasteiger partial charge >= 0.3 is 0 Å². The molecule has 0 radical (unpaired) electrons. The molecular weight excluding hydrogens is 158 g/mol. The van der Waals surface area contributed by atoms with Crippen LogP contribution in [-0.4, -0.2) is 13.1 Å². The van der Waals surface area contributed by atoms with E-state index in [1.165, 1.54) is 24.2 Å². The number of hydrogen-bond acceptors (Lipinski definition) is 0. The van der Waals surface area contributed by atoms with Gasteiger partial charge in [-0.2, -0.15) is 0 Å². The summed E-state index contributed by atoms with van der Waals surface area (Å²) in [5.74, 6) is 0. The molecule has 0 aliphatic rings. The van der Waals surface area contributed by atoms with Crippen LogP contribution >= 0.6 is 0 Å². The highest BCUT2D eigenvalue weighted by atomic mass is 15.1. The minimum Gasteiger partial charge on any atom is -0.332 e. The summed E-state index contributed by atoms with van der Waals surface area (Å²) in [6, 6.07) is 8.86. The summed E-state index contributed by atoms with van der Waals surface area (Å²) in [4.78, 5) is 1.64. The van der Waals surface area contributed by atoms with Gasteiger partial charge in [0.05, 0.1) is 13.1 Å². The molecule has 0 aliphatic carbocycles. The van der Waals surface area contributed by atoms with Gasteiger partial charge in [0.25, 0.3) is 0 Å². The molecule has 0 saturated carbocycles. The van der Waals surface area contributed by atoms with Crippen LogP contribution in [0.15, 0.2) is 24.3 Å². The number of rotatable bonds is 4. The van der Waals surface area contributed by atoms with E-state index in [-0.39, 0.29) is 0 Å². The number of nitrogens with one attached hydrogen (secondary N) is 1. The number of hydrogen-bond donors (Lipinski definition) is 1. The van der Waals surface area contributed by atoms with Crippen molar-refractivity contribution in [3.05, 3.63) is 35.4 Å². The van der Waals surface area contributed by atoms with Crippen molar-refractivity contribution < 1.29 is 4.90 Å². The first-order chi connectivity index (χ1) is 6.26. The molecule has 1 aromatic carbocycles. The summed E-state index contributed by atoms with van der Waals surface area (Å²) in [5, 5.41) is 0. The summed E-state index contributed by atoms with van der Waals surface area (Å²) in [6.07, 6.45) is 0. The van der Waals surface area contributed by atoms with Crippen molar-refractivity contribution in [1.29, 1.82) is 0 Å². The fraction of sp³-hybridized carbons (Fsp3) is 0.500. The maximum Gasteiger partial charge on any atom is 0.103 e. The highest BCUT2D eigenvalue weighted by Crippen LogP contribution is 2.00. The van der Waals surface area contributed by atoms with Crippen molar-refractivity contribution >= 4 is 0 Å². The summed E-state index contributed by atoms with van der Waals surface area (Å²) in [5.41, 5.74) is 2.79. The van der Waals surface area contributed by atoms with Crippen LogP contribution < -0.4 is 4.90 Å². The Bertz CT molecular complexity index is 234. The predicted molar refractivity (Wildman–Crippen MR) is 56.9 cm³/mol. The third kappa shape index (κ3) is 3.19. The Morgan fingerprint density at radius 1 is 1.00 bits per heavy atom. The van der Waals surface area contributed by atoms with Gasteiger partial charge in [-0.25, -0.2) is 0 Å². The van der Waals surface area contributed by atoms with Gasteiger partial charge in [0.2, 0.25) is 0 Å². The van der Waals surface area contributed by atoms with Crippen LogP contribution in [-0.2, 0) is 6.54 Å². The van der Waals surface area contributed by atoms with Crippen LogP contribution in [0.4, 0.5) is 0 Å². The fourth-order valence-corrected chi connectivity index (χ4v) is 1.49. The van der Waals surface area contributed by atoms with Crippen molar-refractivity contribution in [2.45, 2.75) is 27.3 Å².